The molecule has 0 bridgehead atoms. The van der Waals surface area contributed by atoms with E-state index in [1.165, 1.54) is 19.3 Å². The highest BCUT2D eigenvalue weighted by atomic mass is 32.2. The monoisotopic (exact) mass is 260 g/mol. The third kappa shape index (κ3) is 4.56. The van der Waals surface area contributed by atoms with Crippen molar-refractivity contribution >= 4 is 10.0 Å². The minimum Gasteiger partial charge on any atom is -0.316 e. The van der Waals surface area contributed by atoms with Crippen molar-refractivity contribution in [2.75, 3.05) is 25.4 Å². The van der Waals surface area contributed by atoms with Crippen LogP contribution in [0.4, 0.5) is 0 Å². The van der Waals surface area contributed by atoms with Crippen molar-refractivity contribution in [3.8, 4) is 0 Å². The summed E-state index contributed by atoms with van der Waals surface area (Å²) in [7, 11) is -3.03. The Kier molecular flexibility index (Phi) is 4.82. The molecular weight excluding hydrogens is 236 g/mol. The maximum Gasteiger partial charge on any atom is 0.211 e. The zero-order valence-corrected chi connectivity index (χ0v) is 11.3. The Bertz CT molecular complexity index is 319. The van der Waals surface area contributed by atoms with Crippen LogP contribution in [0.3, 0.4) is 0 Å². The van der Waals surface area contributed by atoms with Gasteiger partial charge < -0.3 is 5.32 Å². The van der Waals surface area contributed by atoms with Crippen LogP contribution in [-0.2, 0) is 10.0 Å². The van der Waals surface area contributed by atoms with Gasteiger partial charge in [0.1, 0.15) is 0 Å². The van der Waals surface area contributed by atoms with E-state index in [1.54, 1.807) is 0 Å². The molecule has 2 aliphatic rings. The van der Waals surface area contributed by atoms with Crippen molar-refractivity contribution in [3.05, 3.63) is 0 Å². The van der Waals surface area contributed by atoms with Gasteiger partial charge in [0.25, 0.3) is 0 Å². The van der Waals surface area contributed by atoms with Gasteiger partial charge in [0, 0.05) is 6.54 Å². The van der Waals surface area contributed by atoms with Crippen LogP contribution in [0.2, 0.25) is 0 Å². The lowest BCUT2D eigenvalue weighted by Gasteiger charge is -2.25. The van der Waals surface area contributed by atoms with Crippen LogP contribution in [0.5, 0.6) is 0 Å². The molecule has 1 unspecified atom stereocenters. The van der Waals surface area contributed by atoms with Crippen molar-refractivity contribution in [1.82, 2.24) is 10.0 Å². The van der Waals surface area contributed by atoms with Crippen LogP contribution in [0, 0.1) is 11.8 Å². The van der Waals surface area contributed by atoms with Crippen LogP contribution in [-0.4, -0.2) is 33.8 Å². The molecule has 2 fully saturated rings. The predicted molar refractivity (Wildman–Crippen MR) is 69.3 cm³/mol. The predicted octanol–water partition coefficient (Wildman–Crippen LogP) is 1.10. The molecule has 0 aromatic carbocycles. The molecule has 0 spiro atoms. The number of sulfonamides is 1. The standard InChI is InChI=1S/C12H24N2O2S/c15-17(16,8-6-11-3-1-4-11)14-10-12-5-2-7-13-9-12/h11-14H,1-10H2. The average molecular weight is 260 g/mol. The summed E-state index contributed by atoms with van der Waals surface area (Å²) in [5.41, 5.74) is 0. The maximum atomic E-state index is 11.8. The van der Waals surface area contributed by atoms with E-state index >= 15 is 0 Å². The molecule has 0 aromatic heterocycles. The van der Waals surface area contributed by atoms with E-state index in [-0.39, 0.29) is 0 Å². The molecule has 2 rings (SSSR count). The van der Waals surface area contributed by atoms with Gasteiger partial charge in [-0.3, -0.25) is 0 Å². The second-order valence-electron chi connectivity index (χ2n) is 5.47. The van der Waals surface area contributed by atoms with Crippen LogP contribution in [0.15, 0.2) is 0 Å². The number of rotatable bonds is 6. The van der Waals surface area contributed by atoms with Crippen molar-refractivity contribution < 1.29 is 8.42 Å². The second kappa shape index (κ2) is 6.16. The molecule has 17 heavy (non-hydrogen) atoms. The number of piperidine rings is 1. The van der Waals surface area contributed by atoms with Crippen molar-refractivity contribution in [2.45, 2.75) is 38.5 Å². The van der Waals surface area contributed by atoms with E-state index in [1.807, 2.05) is 0 Å². The quantitative estimate of drug-likeness (QED) is 0.752. The normalized spacial score (nSPS) is 26.7. The molecule has 100 valence electrons. The lowest BCUT2D eigenvalue weighted by molar-refractivity contribution is 0.307. The number of hydrogen-bond donors (Lipinski definition) is 2. The molecule has 5 heteroatoms. The molecule has 0 aromatic rings. The van der Waals surface area contributed by atoms with Crippen molar-refractivity contribution in [3.63, 3.8) is 0 Å². The first kappa shape index (κ1) is 13.3. The lowest BCUT2D eigenvalue weighted by atomic mass is 9.84. The van der Waals surface area contributed by atoms with Gasteiger partial charge in [0.2, 0.25) is 10.0 Å². The topological polar surface area (TPSA) is 58.2 Å². The average Bonchev–Trinajstić information content (AvgIpc) is 2.26. The van der Waals surface area contributed by atoms with Crippen LogP contribution < -0.4 is 10.0 Å². The highest BCUT2D eigenvalue weighted by Gasteiger charge is 2.21. The van der Waals surface area contributed by atoms with Crippen LogP contribution in [0.1, 0.15) is 38.5 Å². The Hall–Kier alpha value is -0.130. The molecular formula is C12H24N2O2S. The van der Waals surface area contributed by atoms with Gasteiger partial charge in [-0.1, -0.05) is 19.3 Å². The Balaban J connectivity index is 1.64. The summed E-state index contributed by atoms with van der Waals surface area (Å²) in [6.07, 6.45) is 6.88. The van der Waals surface area contributed by atoms with E-state index in [2.05, 4.69) is 10.0 Å². The summed E-state index contributed by atoms with van der Waals surface area (Å²) in [5.74, 6) is 1.46. The first-order valence-electron chi connectivity index (χ1n) is 6.84. The van der Waals surface area contributed by atoms with E-state index in [4.69, 9.17) is 0 Å². The molecule has 1 aliphatic carbocycles. The van der Waals surface area contributed by atoms with Gasteiger partial charge in [-0.05, 0) is 44.2 Å². The Morgan fingerprint density at radius 2 is 1.88 bits per heavy atom. The second-order valence-corrected chi connectivity index (χ2v) is 7.39. The fourth-order valence-electron chi connectivity index (χ4n) is 2.52. The molecule has 1 heterocycles. The van der Waals surface area contributed by atoms with Crippen molar-refractivity contribution in [1.29, 1.82) is 0 Å². The molecule has 1 aliphatic heterocycles. The Morgan fingerprint density at radius 1 is 1.12 bits per heavy atom. The lowest BCUT2D eigenvalue weighted by Crippen LogP contribution is -2.39. The minimum absolute atomic E-state index is 0.317. The molecule has 4 nitrogen and oxygen atoms in total. The SMILES string of the molecule is O=S(=O)(CCC1CCC1)NCC1CCCNC1. The largest absolute Gasteiger partial charge is 0.316 e. The summed E-state index contributed by atoms with van der Waals surface area (Å²) in [6, 6.07) is 0. The van der Waals surface area contributed by atoms with E-state index in [0.29, 0.717) is 24.1 Å². The Labute approximate surface area is 105 Å². The summed E-state index contributed by atoms with van der Waals surface area (Å²) < 4.78 is 26.3. The van der Waals surface area contributed by atoms with E-state index < -0.39 is 10.0 Å². The fourth-order valence-corrected chi connectivity index (χ4v) is 3.80. The molecule has 1 atom stereocenters. The van der Waals surface area contributed by atoms with E-state index in [9.17, 15) is 8.42 Å². The van der Waals surface area contributed by atoms with Gasteiger partial charge in [0.05, 0.1) is 5.75 Å². The highest BCUT2D eigenvalue weighted by Crippen LogP contribution is 2.29. The molecule has 1 saturated heterocycles. The van der Waals surface area contributed by atoms with Crippen molar-refractivity contribution in [2.24, 2.45) is 11.8 Å². The smallest absolute Gasteiger partial charge is 0.211 e. The fraction of sp³-hybridized carbons (Fsp3) is 1.00. The summed E-state index contributed by atoms with van der Waals surface area (Å²) in [6.45, 7) is 2.63. The van der Waals surface area contributed by atoms with Gasteiger partial charge in [-0.25, -0.2) is 13.1 Å². The first-order chi connectivity index (χ1) is 8.16. The third-order valence-corrected chi connectivity index (χ3v) is 5.39. The van der Waals surface area contributed by atoms with Gasteiger partial charge >= 0.3 is 0 Å². The third-order valence-electron chi connectivity index (χ3n) is 4.01. The van der Waals surface area contributed by atoms with Gasteiger partial charge in [-0.15, -0.1) is 0 Å². The van der Waals surface area contributed by atoms with Crippen LogP contribution >= 0.6 is 0 Å². The summed E-state index contributed by atoms with van der Waals surface area (Å²) >= 11 is 0. The number of nitrogens with one attached hydrogen (secondary N) is 2. The number of hydrogen-bond acceptors (Lipinski definition) is 3. The minimum atomic E-state index is -3.03. The molecule has 2 N–H and O–H groups in total. The van der Waals surface area contributed by atoms with Gasteiger partial charge in [0.15, 0.2) is 0 Å². The van der Waals surface area contributed by atoms with Gasteiger partial charge in [-0.2, -0.15) is 0 Å². The maximum absolute atomic E-state index is 11.8. The summed E-state index contributed by atoms with van der Waals surface area (Å²) in [4.78, 5) is 0. The Morgan fingerprint density at radius 3 is 2.47 bits per heavy atom. The zero-order chi connectivity index (χ0) is 12.1. The molecule has 0 amide bonds. The summed E-state index contributed by atoms with van der Waals surface area (Å²) in [5, 5.41) is 3.30. The zero-order valence-electron chi connectivity index (χ0n) is 10.5. The molecule has 1 saturated carbocycles. The first-order valence-corrected chi connectivity index (χ1v) is 8.49. The van der Waals surface area contributed by atoms with E-state index in [0.717, 1.165) is 32.4 Å². The molecule has 0 radical (unpaired) electrons. The van der Waals surface area contributed by atoms with Crippen LogP contribution in [0.25, 0.3) is 0 Å². The highest BCUT2D eigenvalue weighted by molar-refractivity contribution is 7.89.